The first kappa shape index (κ1) is 17.3. The SMILES string of the molecule is Cc1cccc2c(=O)n(CCC(=O)Nc3ccccc3C(N)=O)cnc12. The molecule has 0 aliphatic carbocycles. The molecule has 7 nitrogen and oxygen atoms in total. The summed E-state index contributed by atoms with van der Waals surface area (Å²) in [5.74, 6) is -0.943. The van der Waals surface area contributed by atoms with Crippen molar-refractivity contribution < 1.29 is 9.59 Å². The second-order valence-electron chi connectivity index (χ2n) is 5.92. The number of carbonyl (C=O) groups is 2. The number of carbonyl (C=O) groups excluding carboxylic acids is 2. The fourth-order valence-electron chi connectivity index (χ4n) is 2.74. The zero-order chi connectivity index (χ0) is 18.7. The van der Waals surface area contributed by atoms with Crippen molar-refractivity contribution in [2.45, 2.75) is 19.9 Å². The number of amides is 2. The summed E-state index contributed by atoms with van der Waals surface area (Å²) in [5.41, 5.74) is 7.28. The van der Waals surface area contributed by atoms with E-state index in [1.807, 2.05) is 13.0 Å². The van der Waals surface area contributed by atoms with Crippen LogP contribution in [0.1, 0.15) is 22.3 Å². The van der Waals surface area contributed by atoms with Crippen LogP contribution in [0, 0.1) is 6.92 Å². The van der Waals surface area contributed by atoms with Gasteiger partial charge in [0.15, 0.2) is 0 Å². The van der Waals surface area contributed by atoms with Crippen molar-refractivity contribution in [1.82, 2.24) is 9.55 Å². The number of nitrogens with zero attached hydrogens (tertiary/aromatic N) is 2. The zero-order valence-corrected chi connectivity index (χ0v) is 14.2. The molecule has 0 bridgehead atoms. The average molecular weight is 350 g/mol. The van der Waals surface area contributed by atoms with Gasteiger partial charge in [-0.3, -0.25) is 19.0 Å². The molecule has 0 spiro atoms. The summed E-state index contributed by atoms with van der Waals surface area (Å²) < 4.78 is 1.40. The predicted octanol–water partition coefficient (Wildman–Crippen LogP) is 1.83. The third kappa shape index (κ3) is 3.46. The van der Waals surface area contributed by atoms with Gasteiger partial charge in [0.25, 0.3) is 11.5 Å². The van der Waals surface area contributed by atoms with E-state index in [1.54, 1.807) is 30.3 Å². The summed E-state index contributed by atoms with van der Waals surface area (Å²) in [6.45, 7) is 2.07. The van der Waals surface area contributed by atoms with Crippen LogP contribution in [0.25, 0.3) is 10.9 Å². The Morgan fingerprint density at radius 1 is 1.15 bits per heavy atom. The van der Waals surface area contributed by atoms with Crippen LogP contribution in [0.2, 0.25) is 0 Å². The molecule has 0 saturated heterocycles. The van der Waals surface area contributed by atoms with Gasteiger partial charge in [-0.25, -0.2) is 4.98 Å². The van der Waals surface area contributed by atoms with Gasteiger partial charge < -0.3 is 11.1 Å². The Morgan fingerprint density at radius 2 is 1.92 bits per heavy atom. The molecule has 26 heavy (non-hydrogen) atoms. The number of nitrogens with two attached hydrogens (primary N) is 1. The van der Waals surface area contributed by atoms with Crippen LogP contribution in [-0.4, -0.2) is 21.4 Å². The Balaban J connectivity index is 1.75. The molecule has 0 aliphatic rings. The first-order valence-corrected chi connectivity index (χ1v) is 8.11. The number of hydrogen-bond donors (Lipinski definition) is 2. The van der Waals surface area contributed by atoms with Gasteiger partial charge >= 0.3 is 0 Å². The van der Waals surface area contributed by atoms with Crippen molar-refractivity contribution in [3.05, 3.63) is 70.3 Å². The maximum absolute atomic E-state index is 12.5. The Bertz CT molecular complexity index is 1060. The van der Waals surface area contributed by atoms with E-state index in [-0.39, 0.29) is 30.0 Å². The number of primary amides is 1. The number of fused-ring (bicyclic) bond motifs is 1. The van der Waals surface area contributed by atoms with Crippen molar-refractivity contribution in [2.75, 3.05) is 5.32 Å². The Labute approximate surface area is 149 Å². The normalized spacial score (nSPS) is 10.7. The van der Waals surface area contributed by atoms with Crippen molar-refractivity contribution in [3.63, 3.8) is 0 Å². The second kappa shape index (κ2) is 7.18. The predicted molar refractivity (Wildman–Crippen MR) is 98.9 cm³/mol. The number of nitrogens with one attached hydrogen (secondary N) is 1. The number of rotatable bonds is 5. The summed E-state index contributed by atoms with van der Waals surface area (Å²) >= 11 is 0. The number of hydrogen-bond acceptors (Lipinski definition) is 4. The van der Waals surface area contributed by atoms with E-state index in [0.717, 1.165) is 5.56 Å². The minimum absolute atomic E-state index is 0.0615. The molecule has 0 fully saturated rings. The molecular weight excluding hydrogens is 332 g/mol. The van der Waals surface area contributed by atoms with Crippen LogP contribution in [0.15, 0.2) is 53.6 Å². The molecule has 3 rings (SSSR count). The third-order valence-corrected chi connectivity index (χ3v) is 4.10. The molecule has 3 aromatic rings. The molecular formula is C19H18N4O3. The molecule has 1 aromatic heterocycles. The summed E-state index contributed by atoms with van der Waals surface area (Å²) in [7, 11) is 0. The van der Waals surface area contributed by atoms with Gasteiger partial charge in [-0.2, -0.15) is 0 Å². The molecule has 0 atom stereocenters. The maximum atomic E-state index is 12.5. The lowest BCUT2D eigenvalue weighted by Gasteiger charge is -2.10. The molecule has 0 radical (unpaired) electrons. The Hall–Kier alpha value is -3.48. The Morgan fingerprint density at radius 3 is 2.69 bits per heavy atom. The monoisotopic (exact) mass is 350 g/mol. The highest BCUT2D eigenvalue weighted by atomic mass is 16.2. The van der Waals surface area contributed by atoms with Gasteiger partial charge in [0.05, 0.1) is 28.5 Å². The first-order valence-electron chi connectivity index (χ1n) is 8.11. The average Bonchev–Trinajstić information content (AvgIpc) is 2.62. The van der Waals surface area contributed by atoms with Gasteiger partial charge in [0, 0.05) is 13.0 Å². The smallest absolute Gasteiger partial charge is 0.261 e. The second-order valence-corrected chi connectivity index (χ2v) is 5.92. The van der Waals surface area contributed by atoms with Crippen molar-refractivity contribution in [1.29, 1.82) is 0 Å². The lowest BCUT2D eigenvalue weighted by Crippen LogP contribution is -2.24. The lowest BCUT2D eigenvalue weighted by atomic mass is 10.1. The van der Waals surface area contributed by atoms with Crippen molar-refractivity contribution in [3.8, 4) is 0 Å². The van der Waals surface area contributed by atoms with E-state index in [0.29, 0.717) is 16.6 Å². The molecule has 0 unspecified atom stereocenters. The number of anilines is 1. The van der Waals surface area contributed by atoms with E-state index < -0.39 is 5.91 Å². The van der Waals surface area contributed by atoms with E-state index in [1.165, 1.54) is 17.0 Å². The fraction of sp³-hybridized carbons (Fsp3) is 0.158. The lowest BCUT2D eigenvalue weighted by molar-refractivity contribution is -0.116. The molecule has 0 aliphatic heterocycles. The minimum atomic E-state index is -0.619. The number of aryl methyl sites for hydroxylation is 2. The van der Waals surface area contributed by atoms with Gasteiger partial charge in [-0.05, 0) is 30.7 Å². The Kier molecular flexibility index (Phi) is 4.79. The highest BCUT2D eigenvalue weighted by Gasteiger charge is 2.11. The van der Waals surface area contributed by atoms with Gasteiger partial charge in [-0.1, -0.05) is 24.3 Å². The van der Waals surface area contributed by atoms with Crippen LogP contribution >= 0.6 is 0 Å². The van der Waals surface area contributed by atoms with Crippen LogP contribution in [0.5, 0.6) is 0 Å². The molecule has 7 heteroatoms. The van der Waals surface area contributed by atoms with E-state index >= 15 is 0 Å². The van der Waals surface area contributed by atoms with Crippen molar-refractivity contribution >= 4 is 28.4 Å². The van der Waals surface area contributed by atoms with Crippen molar-refractivity contribution in [2.24, 2.45) is 5.73 Å². The molecule has 3 N–H and O–H groups in total. The highest BCUT2D eigenvalue weighted by molar-refractivity contribution is 6.02. The summed E-state index contributed by atoms with van der Waals surface area (Å²) in [6, 6.07) is 11.9. The number of para-hydroxylation sites is 2. The fourth-order valence-corrected chi connectivity index (χ4v) is 2.74. The van der Waals surface area contributed by atoms with Crippen LogP contribution in [0.4, 0.5) is 5.69 Å². The number of benzene rings is 2. The van der Waals surface area contributed by atoms with Gasteiger partial charge in [-0.15, -0.1) is 0 Å². The summed E-state index contributed by atoms with van der Waals surface area (Å²) in [5, 5.41) is 3.17. The largest absolute Gasteiger partial charge is 0.366 e. The third-order valence-electron chi connectivity index (χ3n) is 4.10. The summed E-state index contributed by atoms with van der Waals surface area (Å²) in [6.07, 6.45) is 1.51. The number of aromatic nitrogens is 2. The highest BCUT2D eigenvalue weighted by Crippen LogP contribution is 2.15. The standard InChI is InChI=1S/C19H18N4O3/c1-12-5-4-7-14-17(12)21-11-23(19(14)26)10-9-16(24)22-15-8-3-2-6-13(15)18(20)25/h2-8,11H,9-10H2,1H3,(H2,20,25)(H,22,24). The van der Waals surface area contributed by atoms with Gasteiger partial charge in [0.2, 0.25) is 5.91 Å². The van der Waals surface area contributed by atoms with Crippen LogP contribution in [-0.2, 0) is 11.3 Å². The quantitative estimate of drug-likeness (QED) is 0.732. The topological polar surface area (TPSA) is 107 Å². The molecule has 132 valence electrons. The maximum Gasteiger partial charge on any atom is 0.261 e. The molecule has 1 heterocycles. The van der Waals surface area contributed by atoms with Crippen LogP contribution in [0.3, 0.4) is 0 Å². The minimum Gasteiger partial charge on any atom is -0.366 e. The summed E-state index contributed by atoms with van der Waals surface area (Å²) in [4.78, 5) is 40.4. The van der Waals surface area contributed by atoms with E-state index in [4.69, 9.17) is 5.73 Å². The van der Waals surface area contributed by atoms with E-state index in [9.17, 15) is 14.4 Å². The first-order chi connectivity index (χ1) is 12.5. The van der Waals surface area contributed by atoms with Crippen LogP contribution < -0.4 is 16.6 Å². The molecule has 2 amide bonds. The molecule has 2 aromatic carbocycles. The zero-order valence-electron chi connectivity index (χ0n) is 14.2. The van der Waals surface area contributed by atoms with Gasteiger partial charge in [0.1, 0.15) is 0 Å². The molecule has 0 saturated carbocycles. The van der Waals surface area contributed by atoms with E-state index in [2.05, 4.69) is 10.3 Å².